The van der Waals surface area contributed by atoms with E-state index < -0.39 is 30.1 Å². The number of benzene rings is 1. The summed E-state index contributed by atoms with van der Waals surface area (Å²) in [6.45, 7) is 3.70. The van der Waals surface area contributed by atoms with Crippen molar-refractivity contribution in [2.75, 3.05) is 6.61 Å². The van der Waals surface area contributed by atoms with Gasteiger partial charge in [0.15, 0.2) is 0 Å². The maximum absolute atomic E-state index is 13.5. The molecule has 3 unspecified atom stereocenters. The first kappa shape index (κ1) is 23.3. The first-order valence-corrected chi connectivity index (χ1v) is 11.9. The Labute approximate surface area is 193 Å². The molecule has 2 fully saturated rings. The maximum Gasteiger partial charge on any atom is 0.326 e. The van der Waals surface area contributed by atoms with Gasteiger partial charge >= 0.3 is 11.9 Å². The van der Waals surface area contributed by atoms with Crippen molar-refractivity contribution >= 4 is 28.7 Å². The van der Waals surface area contributed by atoms with E-state index in [1.54, 1.807) is 18.7 Å². The van der Waals surface area contributed by atoms with Gasteiger partial charge in [-0.3, -0.25) is 14.9 Å². The summed E-state index contributed by atoms with van der Waals surface area (Å²) in [6, 6.07) is 5.57. The molecule has 1 aromatic carbocycles. The number of carboxylic acid groups (broad SMARTS) is 1. The molecule has 2 heterocycles. The van der Waals surface area contributed by atoms with Crippen LogP contribution in [-0.4, -0.2) is 63.6 Å². The second-order valence-electron chi connectivity index (χ2n) is 9.20. The number of ether oxygens (including phenoxy) is 1. The fraction of sp³-hybridized carbons (Fsp3) is 0.560. The van der Waals surface area contributed by atoms with Crippen LogP contribution in [0.25, 0.3) is 10.9 Å². The molecular formula is C25H33N3O5. The standard InChI is InChI=1S/C25H33N3O5/c1-3-33-25(32)20(12-17-14-26-19-10-6-5-9-18(17)19)27-15(2)23(29)28-21-11-7-4-8-16(21)13-22(28)24(30)31/h5-6,9-10,14-16,20-22,26-27H,3-4,7-8,11-13H2,1-2H3,(H,30,31)/t15?,16?,20-,21?,22-/m0/s1. The third kappa shape index (κ3) is 4.76. The van der Waals surface area contributed by atoms with E-state index in [9.17, 15) is 19.5 Å². The van der Waals surface area contributed by atoms with E-state index in [1.807, 2.05) is 30.5 Å². The third-order valence-corrected chi connectivity index (χ3v) is 7.12. The van der Waals surface area contributed by atoms with Gasteiger partial charge in [0.2, 0.25) is 5.91 Å². The van der Waals surface area contributed by atoms with E-state index in [0.717, 1.165) is 42.1 Å². The molecule has 0 bridgehead atoms. The third-order valence-electron chi connectivity index (χ3n) is 7.12. The number of carboxylic acids is 1. The summed E-state index contributed by atoms with van der Waals surface area (Å²) >= 11 is 0. The number of hydrogen-bond acceptors (Lipinski definition) is 5. The lowest BCUT2D eigenvalue weighted by atomic mass is 9.84. The first-order chi connectivity index (χ1) is 15.9. The smallest absolute Gasteiger partial charge is 0.326 e. The topological polar surface area (TPSA) is 112 Å². The number of hydrogen-bond donors (Lipinski definition) is 3. The summed E-state index contributed by atoms with van der Waals surface area (Å²) < 4.78 is 5.29. The van der Waals surface area contributed by atoms with Gasteiger partial charge in [-0.05, 0) is 50.7 Å². The Balaban J connectivity index is 1.53. The number of carbonyl (C=O) groups is 3. The van der Waals surface area contributed by atoms with Crippen LogP contribution in [0.2, 0.25) is 0 Å². The second kappa shape index (κ2) is 9.95. The van der Waals surface area contributed by atoms with Crippen LogP contribution < -0.4 is 5.32 Å². The minimum atomic E-state index is -0.953. The molecule has 1 amide bonds. The molecule has 1 aliphatic heterocycles. The van der Waals surface area contributed by atoms with Gasteiger partial charge in [-0.15, -0.1) is 0 Å². The number of para-hydroxylation sites is 1. The molecule has 1 aliphatic carbocycles. The highest BCUT2D eigenvalue weighted by molar-refractivity contribution is 5.89. The van der Waals surface area contributed by atoms with Crippen LogP contribution in [0, 0.1) is 5.92 Å². The van der Waals surface area contributed by atoms with Gasteiger partial charge in [0, 0.05) is 29.6 Å². The zero-order valence-electron chi connectivity index (χ0n) is 19.3. The van der Waals surface area contributed by atoms with Gasteiger partial charge in [-0.2, -0.15) is 0 Å². The fourth-order valence-electron chi connectivity index (χ4n) is 5.57. The van der Waals surface area contributed by atoms with Crippen LogP contribution in [0.5, 0.6) is 0 Å². The van der Waals surface area contributed by atoms with Gasteiger partial charge < -0.3 is 19.7 Å². The number of likely N-dealkylation sites (tertiary alicyclic amines) is 1. The molecule has 8 heteroatoms. The van der Waals surface area contributed by atoms with Gasteiger partial charge in [-0.1, -0.05) is 31.0 Å². The number of amides is 1. The lowest BCUT2D eigenvalue weighted by Gasteiger charge is -2.35. The molecule has 0 spiro atoms. The molecule has 2 aromatic rings. The Kier molecular flexibility index (Phi) is 7.02. The number of aromatic amines is 1. The molecule has 178 valence electrons. The monoisotopic (exact) mass is 455 g/mol. The minimum absolute atomic E-state index is 0.0359. The van der Waals surface area contributed by atoms with E-state index in [4.69, 9.17) is 4.74 Å². The zero-order chi connectivity index (χ0) is 23.5. The van der Waals surface area contributed by atoms with Crippen molar-refractivity contribution in [2.24, 2.45) is 5.92 Å². The second-order valence-corrected chi connectivity index (χ2v) is 9.20. The number of H-pyrrole nitrogens is 1. The highest BCUT2D eigenvalue weighted by Crippen LogP contribution is 2.40. The highest BCUT2D eigenvalue weighted by Gasteiger charge is 2.48. The van der Waals surface area contributed by atoms with Crippen LogP contribution in [0.1, 0.15) is 51.5 Å². The van der Waals surface area contributed by atoms with E-state index in [1.165, 1.54) is 0 Å². The molecule has 1 aromatic heterocycles. The summed E-state index contributed by atoms with van der Waals surface area (Å²) in [4.78, 5) is 43.0. The van der Waals surface area contributed by atoms with Crippen molar-refractivity contribution in [3.8, 4) is 0 Å². The normalized spacial score (nSPS) is 24.3. The van der Waals surface area contributed by atoms with E-state index >= 15 is 0 Å². The van der Waals surface area contributed by atoms with Crippen LogP contribution in [0.3, 0.4) is 0 Å². The molecule has 2 aliphatic rings. The Morgan fingerprint density at radius 2 is 2.00 bits per heavy atom. The number of nitrogens with one attached hydrogen (secondary N) is 2. The Morgan fingerprint density at radius 1 is 1.24 bits per heavy atom. The molecular weight excluding hydrogens is 422 g/mol. The number of rotatable bonds is 8. The van der Waals surface area contributed by atoms with Crippen LogP contribution in [-0.2, 0) is 25.5 Å². The van der Waals surface area contributed by atoms with E-state index in [0.29, 0.717) is 12.8 Å². The number of fused-ring (bicyclic) bond motifs is 2. The predicted octanol–water partition coefficient (Wildman–Crippen LogP) is 2.86. The van der Waals surface area contributed by atoms with Gasteiger partial charge in [0.05, 0.1) is 12.6 Å². The van der Waals surface area contributed by atoms with Crippen LogP contribution >= 0.6 is 0 Å². The largest absolute Gasteiger partial charge is 0.480 e. The average Bonchev–Trinajstić information content (AvgIpc) is 3.40. The molecule has 33 heavy (non-hydrogen) atoms. The SMILES string of the molecule is CCOC(=O)[C@H](Cc1c[nH]c2ccccc12)NC(C)C(=O)N1C2CCCCC2C[C@H]1C(=O)O. The molecule has 1 saturated heterocycles. The Hall–Kier alpha value is -2.87. The van der Waals surface area contributed by atoms with Crippen molar-refractivity contribution in [3.05, 3.63) is 36.0 Å². The van der Waals surface area contributed by atoms with Gasteiger partial charge in [0.25, 0.3) is 0 Å². The lowest BCUT2D eigenvalue weighted by Crippen LogP contribution is -2.56. The molecule has 0 radical (unpaired) electrons. The van der Waals surface area contributed by atoms with Gasteiger partial charge in [0.1, 0.15) is 12.1 Å². The number of nitrogens with zero attached hydrogens (tertiary/aromatic N) is 1. The Bertz CT molecular complexity index is 1020. The van der Waals surface area contributed by atoms with E-state index in [2.05, 4.69) is 10.3 Å². The summed E-state index contributed by atoms with van der Waals surface area (Å²) in [5, 5.41) is 14.0. The first-order valence-electron chi connectivity index (χ1n) is 11.9. The Morgan fingerprint density at radius 3 is 2.76 bits per heavy atom. The van der Waals surface area contributed by atoms with Gasteiger partial charge in [-0.25, -0.2) is 4.79 Å². The van der Waals surface area contributed by atoms with Crippen LogP contribution in [0.15, 0.2) is 30.5 Å². The molecule has 8 nitrogen and oxygen atoms in total. The minimum Gasteiger partial charge on any atom is -0.480 e. The molecule has 5 atom stereocenters. The van der Waals surface area contributed by atoms with Crippen molar-refractivity contribution in [1.29, 1.82) is 0 Å². The number of esters is 1. The number of aromatic nitrogens is 1. The average molecular weight is 456 g/mol. The molecule has 4 rings (SSSR count). The molecule has 3 N–H and O–H groups in total. The van der Waals surface area contributed by atoms with Crippen molar-refractivity contribution in [1.82, 2.24) is 15.2 Å². The van der Waals surface area contributed by atoms with Crippen LogP contribution in [0.4, 0.5) is 0 Å². The highest BCUT2D eigenvalue weighted by atomic mass is 16.5. The summed E-state index contributed by atoms with van der Waals surface area (Å²) in [7, 11) is 0. The maximum atomic E-state index is 13.5. The quantitative estimate of drug-likeness (QED) is 0.528. The number of aliphatic carboxylic acids is 1. The summed E-state index contributed by atoms with van der Waals surface area (Å²) in [5.74, 6) is -1.40. The van der Waals surface area contributed by atoms with E-state index in [-0.39, 0.29) is 24.5 Å². The fourth-order valence-corrected chi connectivity index (χ4v) is 5.57. The summed E-state index contributed by atoms with van der Waals surface area (Å²) in [6.07, 6.45) is 6.63. The molecule has 1 saturated carbocycles. The number of carbonyl (C=O) groups excluding carboxylic acids is 2. The van der Waals surface area contributed by atoms with Crippen molar-refractivity contribution < 1.29 is 24.2 Å². The van der Waals surface area contributed by atoms with Crippen molar-refractivity contribution in [3.63, 3.8) is 0 Å². The zero-order valence-corrected chi connectivity index (χ0v) is 19.3. The lowest BCUT2D eigenvalue weighted by molar-refractivity contribution is -0.151. The van der Waals surface area contributed by atoms with Crippen molar-refractivity contribution in [2.45, 2.75) is 76.5 Å². The predicted molar refractivity (Wildman–Crippen MR) is 124 cm³/mol. The summed E-state index contributed by atoms with van der Waals surface area (Å²) in [5.41, 5.74) is 1.93.